The minimum Gasteiger partial charge on any atom is -0.593 e. The standard InChI is InChI=1S/C19H22N6O2S/c26-28(27,16-4-2-1-3-5-16)23-15-10-12-24(13-11-15)18-9-8-17-20-21-19(14-6-7-14)25(17)22-18/h1-5,8-9,14-15H,6-7,10-13H2,(H-,23,26,27). The van der Waals surface area contributed by atoms with Crippen LogP contribution in [0.5, 0.6) is 0 Å². The molecule has 28 heavy (non-hydrogen) atoms. The van der Waals surface area contributed by atoms with E-state index in [9.17, 15) is 8.76 Å². The van der Waals surface area contributed by atoms with Gasteiger partial charge in [0.15, 0.2) is 26.8 Å². The van der Waals surface area contributed by atoms with Crippen LogP contribution in [0.1, 0.15) is 37.4 Å². The molecule has 0 amide bonds. The average molecular weight is 398 g/mol. The Balaban J connectivity index is 1.26. The van der Waals surface area contributed by atoms with Gasteiger partial charge in [0.25, 0.3) is 0 Å². The van der Waals surface area contributed by atoms with E-state index in [0.29, 0.717) is 10.8 Å². The fraction of sp³-hybridized carbons (Fsp3) is 0.421. The Morgan fingerprint density at radius 3 is 2.46 bits per heavy atom. The van der Waals surface area contributed by atoms with Gasteiger partial charge in [-0.25, -0.2) is 0 Å². The van der Waals surface area contributed by atoms with Crippen LogP contribution in [0.3, 0.4) is 0 Å². The maximum absolute atomic E-state index is 12.5. The van der Waals surface area contributed by atoms with Gasteiger partial charge in [0, 0.05) is 19.0 Å². The fourth-order valence-electron chi connectivity index (χ4n) is 3.67. The van der Waals surface area contributed by atoms with E-state index < -0.39 is 10.4 Å². The molecule has 2 aliphatic rings. The summed E-state index contributed by atoms with van der Waals surface area (Å²) in [6, 6.07) is 12.4. The minimum absolute atomic E-state index is 0.0675. The zero-order chi connectivity index (χ0) is 19.1. The van der Waals surface area contributed by atoms with Crippen molar-refractivity contribution in [1.82, 2.24) is 24.5 Å². The number of sulfonamides is 1. The van der Waals surface area contributed by atoms with Gasteiger partial charge >= 0.3 is 0 Å². The number of piperidine rings is 1. The first-order valence-electron chi connectivity index (χ1n) is 9.65. The van der Waals surface area contributed by atoms with Crippen molar-refractivity contribution >= 4 is 21.9 Å². The monoisotopic (exact) mass is 398 g/mol. The summed E-state index contributed by atoms with van der Waals surface area (Å²) in [5, 5.41) is 13.2. The number of hydrogen-bond acceptors (Lipinski definition) is 6. The summed E-state index contributed by atoms with van der Waals surface area (Å²) >= 11 is 0. The summed E-state index contributed by atoms with van der Waals surface area (Å²) in [6.45, 7) is 1.50. The molecule has 3 heterocycles. The molecule has 1 aliphatic heterocycles. The van der Waals surface area contributed by atoms with Gasteiger partial charge in [-0.15, -0.1) is 20.0 Å². The number of aromatic nitrogens is 4. The second kappa shape index (κ2) is 6.91. The molecule has 1 N–H and O–H groups in total. The summed E-state index contributed by atoms with van der Waals surface area (Å²) in [6.07, 6.45) is 3.78. The molecule has 1 atom stereocenters. The molecule has 1 aromatic carbocycles. The Morgan fingerprint density at radius 2 is 1.75 bits per heavy atom. The molecule has 1 saturated heterocycles. The molecule has 0 spiro atoms. The molecule has 2 aromatic heterocycles. The topological polar surface area (TPSA) is 98.5 Å². The molecule has 2 fully saturated rings. The smallest absolute Gasteiger partial charge is 0.178 e. The molecule has 0 radical (unpaired) electrons. The van der Waals surface area contributed by atoms with Crippen LogP contribution in [0, 0.1) is 0 Å². The molecule has 8 nitrogen and oxygen atoms in total. The molecular formula is C19H22N6O2S. The summed E-state index contributed by atoms with van der Waals surface area (Å²) in [4.78, 5) is 2.51. The first kappa shape index (κ1) is 17.7. The molecule has 146 valence electrons. The van der Waals surface area contributed by atoms with Crippen LogP contribution >= 0.6 is 0 Å². The first-order valence-corrected chi connectivity index (χ1v) is 11.1. The van der Waals surface area contributed by atoms with Crippen molar-refractivity contribution in [2.24, 2.45) is 0 Å². The molecule has 1 aliphatic carbocycles. The van der Waals surface area contributed by atoms with Crippen LogP contribution < -0.4 is 9.62 Å². The van der Waals surface area contributed by atoms with Gasteiger partial charge in [-0.05, 0) is 49.9 Å². The summed E-state index contributed by atoms with van der Waals surface area (Å²) in [5.74, 6) is 2.32. The highest BCUT2D eigenvalue weighted by Crippen LogP contribution is 2.38. The Bertz CT molecular complexity index is 1030. The van der Waals surface area contributed by atoms with Crippen LogP contribution in [-0.4, -0.2) is 43.5 Å². The zero-order valence-corrected chi connectivity index (χ0v) is 16.2. The SMILES string of the molecule is O=[S+]([O-])(NC1CCN(c2ccc3nnc(C4CC4)n3n2)CC1)c1ccccc1. The van der Waals surface area contributed by atoms with Crippen molar-refractivity contribution in [2.45, 2.75) is 42.5 Å². The number of rotatable bonds is 5. The first-order chi connectivity index (χ1) is 13.6. The molecule has 5 rings (SSSR count). The van der Waals surface area contributed by atoms with Gasteiger partial charge in [0.05, 0.1) is 6.04 Å². The second-order valence-electron chi connectivity index (χ2n) is 7.49. The largest absolute Gasteiger partial charge is 0.593 e. The van der Waals surface area contributed by atoms with Crippen LogP contribution in [0.2, 0.25) is 0 Å². The normalized spacial score (nSPS) is 20.4. The van der Waals surface area contributed by atoms with E-state index in [0.717, 1.165) is 56.1 Å². The molecule has 9 heteroatoms. The van der Waals surface area contributed by atoms with Gasteiger partial charge in [-0.1, -0.05) is 22.4 Å². The van der Waals surface area contributed by atoms with E-state index in [-0.39, 0.29) is 6.04 Å². The highest BCUT2D eigenvalue weighted by molar-refractivity contribution is 7.95. The third kappa shape index (κ3) is 3.41. The quantitative estimate of drug-likeness (QED) is 0.662. The lowest BCUT2D eigenvalue weighted by atomic mass is 10.1. The van der Waals surface area contributed by atoms with Gasteiger partial charge in [0.2, 0.25) is 0 Å². The number of nitrogens with one attached hydrogen (secondary N) is 1. The number of benzene rings is 1. The number of anilines is 1. The molecule has 1 unspecified atom stereocenters. The maximum Gasteiger partial charge on any atom is 0.178 e. The van der Waals surface area contributed by atoms with E-state index in [2.05, 4.69) is 19.8 Å². The van der Waals surface area contributed by atoms with Crippen molar-refractivity contribution in [1.29, 1.82) is 0 Å². The van der Waals surface area contributed by atoms with E-state index >= 15 is 0 Å². The highest BCUT2D eigenvalue weighted by Gasteiger charge is 2.31. The lowest BCUT2D eigenvalue weighted by molar-refractivity contribution is 0.417. The van der Waals surface area contributed by atoms with Crippen molar-refractivity contribution in [3.63, 3.8) is 0 Å². The van der Waals surface area contributed by atoms with E-state index in [1.54, 1.807) is 24.3 Å². The third-order valence-electron chi connectivity index (χ3n) is 5.41. The Kier molecular flexibility index (Phi) is 4.37. The van der Waals surface area contributed by atoms with Crippen LogP contribution in [0.25, 0.3) is 5.65 Å². The number of nitrogens with zero attached hydrogens (tertiary/aromatic N) is 5. The molecule has 1 saturated carbocycles. The summed E-state index contributed by atoms with van der Waals surface area (Å²) in [7, 11) is -3.48. The lowest BCUT2D eigenvalue weighted by Crippen LogP contribution is -2.46. The number of fused-ring (bicyclic) bond motifs is 1. The second-order valence-corrected chi connectivity index (χ2v) is 9.20. The minimum atomic E-state index is -3.48. The number of hydrogen-bond donors (Lipinski definition) is 1. The van der Waals surface area contributed by atoms with E-state index in [1.165, 1.54) is 0 Å². The van der Waals surface area contributed by atoms with Gasteiger partial charge < -0.3 is 9.45 Å². The van der Waals surface area contributed by atoms with Crippen LogP contribution in [0.15, 0.2) is 47.4 Å². The lowest BCUT2D eigenvalue weighted by Gasteiger charge is -2.33. The van der Waals surface area contributed by atoms with E-state index in [1.807, 2.05) is 22.7 Å². The van der Waals surface area contributed by atoms with Crippen LogP contribution in [0.4, 0.5) is 5.82 Å². The Hall–Kier alpha value is -2.36. The Labute approximate surface area is 164 Å². The average Bonchev–Trinajstić information content (AvgIpc) is 3.48. The van der Waals surface area contributed by atoms with Gasteiger partial charge in [0.1, 0.15) is 5.82 Å². The van der Waals surface area contributed by atoms with Gasteiger partial charge in [-0.2, -0.15) is 4.52 Å². The fourth-order valence-corrected chi connectivity index (χ4v) is 5.00. The molecule has 0 bridgehead atoms. The predicted molar refractivity (Wildman–Crippen MR) is 105 cm³/mol. The van der Waals surface area contributed by atoms with Gasteiger partial charge in [-0.3, -0.25) is 0 Å². The maximum atomic E-state index is 12.5. The molecule has 3 aromatic rings. The van der Waals surface area contributed by atoms with Crippen molar-refractivity contribution < 1.29 is 8.76 Å². The molecular weight excluding hydrogens is 376 g/mol. The van der Waals surface area contributed by atoms with Crippen molar-refractivity contribution in [2.75, 3.05) is 18.0 Å². The highest BCUT2D eigenvalue weighted by atomic mass is 32.3. The summed E-state index contributed by atoms with van der Waals surface area (Å²) in [5.41, 5.74) is 0.774. The van der Waals surface area contributed by atoms with Crippen LogP contribution in [-0.2, 0) is 14.6 Å². The Morgan fingerprint density at radius 1 is 1.00 bits per heavy atom. The zero-order valence-electron chi connectivity index (χ0n) is 15.4. The summed E-state index contributed by atoms with van der Waals surface area (Å²) < 4.78 is 29.7. The van der Waals surface area contributed by atoms with Crippen molar-refractivity contribution in [3.05, 3.63) is 48.3 Å². The third-order valence-corrected chi connectivity index (χ3v) is 6.95. The van der Waals surface area contributed by atoms with Crippen molar-refractivity contribution in [3.8, 4) is 0 Å². The van der Waals surface area contributed by atoms with E-state index in [4.69, 9.17) is 5.10 Å². The predicted octanol–water partition coefficient (Wildman–Crippen LogP) is 2.16.